The van der Waals surface area contributed by atoms with Crippen molar-refractivity contribution in [2.45, 2.75) is 20.4 Å². The number of nitrogens with one attached hydrogen (secondary N) is 2. The molecule has 1 heterocycles. The molecule has 0 unspecified atom stereocenters. The molecule has 0 aliphatic rings. The number of aromatic amines is 1. The lowest BCUT2D eigenvalue weighted by Crippen LogP contribution is -3.10. The van der Waals surface area contributed by atoms with Gasteiger partial charge >= 0.3 is 0 Å². The molecule has 23 heavy (non-hydrogen) atoms. The first-order valence-electron chi connectivity index (χ1n) is 7.69. The number of aryl methyl sites for hydroxylation is 1. The van der Waals surface area contributed by atoms with Crippen molar-refractivity contribution in [3.05, 3.63) is 70.6 Å². The van der Waals surface area contributed by atoms with Gasteiger partial charge in [-0.15, -0.1) is 0 Å². The van der Waals surface area contributed by atoms with E-state index in [1.807, 2.05) is 19.1 Å². The lowest BCUT2D eigenvalue weighted by Gasteiger charge is -2.17. The number of aromatic nitrogens is 1. The molecule has 0 bridgehead atoms. The summed E-state index contributed by atoms with van der Waals surface area (Å²) in [6, 6.07) is 5.22. The molecule has 120 valence electrons. The number of hydrogen-bond acceptors (Lipinski definition) is 2. The number of hydrogen-bond donors (Lipinski definition) is 2. The van der Waals surface area contributed by atoms with Gasteiger partial charge < -0.3 is 9.88 Å². The molecule has 0 spiro atoms. The Morgan fingerprint density at radius 2 is 1.91 bits per heavy atom. The van der Waals surface area contributed by atoms with Gasteiger partial charge in [0.1, 0.15) is 6.54 Å². The zero-order valence-electron chi connectivity index (χ0n) is 13.7. The van der Waals surface area contributed by atoms with Gasteiger partial charge in [0, 0.05) is 22.2 Å². The fourth-order valence-corrected chi connectivity index (χ4v) is 2.77. The average Bonchev–Trinajstić information content (AvgIpc) is 2.51. The van der Waals surface area contributed by atoms with Crippen LogP contribution in [0.15, 0.2) is 48.3 Å². The number of rotatable bonds is 7. The lowest BCUT2D eigenvalue weighted by atomic mass is 10.0. The molecule has 2 rings (SSSR count). The zero-order valence-corrected chi connectivity index (χ0v) is 13.7. The van der Waals surface area contributed by atoms with Gasteiger partial charge in [-0.3, -0.25) is 9.59 Å². The topological polar surface area (TPSA) is 54.4 Å². The molecule has 1 aromatic heterocycles. The fraction of sp³-hybridized carbons (Fsp3) is 0.263. The van der Waals surface area contributed by atoms with E-state index in [9.17, 15) is 9.59 Å². The van der Waals surface area contributed by atoms with Crippen molar-refractivity contribution in [1.82, 2.24) is 4.98 Å². The SMILES string of the molecule is C=CC[NH+](CC=C)Cc1c(C)[nH]c2ccc(C(C)=O)cc2c1=O. The number of Topliss-reactive ketones (excluding diaryl/α,β-unsaturated/α-hetero) is 1. The van der Waals surface area contributed by atoms with Crippen molar-refractivity contribution in [3.63, 3.8) is 0 Å². The Morgan fingerprint density at radius 1 is 1.26 bits per heavy atom. The van der Waals surface area contributed by atoms with Crippen molar-refractivity contribution >= 4 is 16.7 Å². The van der Waals surface area contributed by atoms with Gasteiger partial charge in [-0.05, 0) is 44.2 Å². The molecule has 2 N–H and O–H groups in total. The van der Waals surface area contributed by atoms with E-state index in [1.165, 1.54) is 11.8 Å². The van der Waals surface area contributed by atoms with E-state index in [4.69, 9.17) is 0 Å². The number of fused-ring (bicyclic) bond motifs is 1. The lowest BCUT2D eigenvalue weighted by molar-refractivity contribution is -0.902. The minimum atomic E-state index is -0.0426. The fourth-order valence-electron chi connectivity index (χ4n) is 2.77. The Balaban J connectivity index is 2.54. The summed E-state index contributed by atoms with van der Waals surface area (Å²) in [5.41, 5.74) is 2.92. The van der Waals surface area contributed by atoms with Gasteiger partial charge in [0.05, 0.1) is 18.7 Å². The van der Waals surface area contributed by atoms with Crippen LogP contribution in [0.1, 0.15) is 28.5 Å². The van der Waals surface area contributed by atoms with Crippen molar-refractivity contribution in [1.29, 1.82) is 0 Å². The molecule has 0 aliphatic heterocycles. The third-order valence-corrected chi connectivity index (χ3v) is 4.01. The van der Waals surface area contributed by atoms with Crippen molar-refractivity contribution in [2.75, 3.05) is 13.1 Å². The molecule has 0 saturated heterocycles. The standard InChI is InChI=1S/C19H22N2O2/c1-5-9-21(10-6-2)12-17-13(3)20-18-8-7-15(14(4)22)11-16(18)19(17)23/h5-8,11H,1-2,9-10,12H2,3-4H3,(H,20,23)/p+1. The molecule has 0 aliphatic carbocycles. The van der Waals surface area contributed by atoms with Gasteiger partial charge in [0.15, 0.2) is 11.2 Å². The summed E-state index contributed by atoms with van der Waals surface area (Å²) in [4.78, 5) is 28.9. The van der Waals surface area contributed by atoms with Gasteiger partial charge in [0.2, 0.25) is 0 Å². The number of ketones is 1. The van der Waals surface area contributed by atoms with Crippen molar-refractivity contribution in [2.24, 2.45) is 0 Å². The maximum absolute atomic E-state index is 12.9. The first-order chi connectivity index (χ1) is 11.0. The van der Waals surface area contributed by atoms with Crippen LogP contribution in [0.2, 0.25) is 0 Å². The summed E-state index contributed by atoms with van der Waals surface area (Å²) in [7, 11) is 0. The Labute approximate surface area is 136 Å². The summed E-state index contributed by atoms with van der Waals surface area (Å²) in [5, 5.41) is 0.565. The van der Waals surface area contributed by atoms with Crippen molar-refractivity contribution in [3.8, 4) is 0 Å². The number of H-pyrrole nitrogens is 1. The predicted molar refractivity (Wildman–Crippen MR) is 94.1 cm³/mol. The van der Waals surface area contributed by atoms with Crippen LogP contribution < -0.4 is 10.3 Å². The van der Waals surface area contributed by atoms with E-state index >= 15 is 0 Å². The smallest absolute Gasteiger partial charge is 0.198 e. The molecule has 0 amide bonds. The van der Waals surface area contributed by atoms with E-state index in [-0.39, 0.29) is 11.2 Å². The second-order valence-corrected chi connectivity index (χ2v) is 5.79. The molecular weight excluding hydrogens is 288 g/mol. The van der Waals surface area contributed by atoms with E-state index < -0.39 is 0 Å². The summed E-state index contributed by atoms with van der Waals surface area (Å²) in [5.74, 6) is -0.0426. The van der Waals surface area contributed by atoms with Gasteiger partial charge in [-0.25, -0.2) is 0 Å². The highest BCUT2D eigenvalue weighted by atomic mass is 16.1. The molecule has 0 saturated carbocycles. The van der Waals surface area contributed by atoms with Crippen LogP contribution in [0.25, 0.3) is 10.9 Å². The van der Waals surface area contributed by atoms with E-state index in [0.717, 1.165) is 29.9 Å². The van der Waals surface area contributed by atoms with Crippen LogP contribution in [0.3, 0.4) is 0 Å². The third-order valence-electron chi connectivity index (χ3n) is 4.01. The van der Waals surface area contributed by atoms with Crippen LogP contribution in [0.5, 0.6) is 0 Å². The highest BCUT2D eigenvalue weighted by molar-refractivity contribution is 5.97. The first-order valence-corrected chi connectivity index (χ1v) is 7.69. The molecule has 1 aromatic carbocycles. The predicted octanol–water partition coefficient (Wildman–Crippen LogP) is 1.80. The summed E-state index contributed by atoms with van der Waals surface area (Å²) in [6.07, 6.45) is 3.69. The molecule has 0 radical (unpaired) electrons. The number of pyridine rings is 1. The third kappa shape index (κ3) is 3.66. The largest absolute Gasteiger partial charge is 0.358 e. The van der Waals surface area contributed by atoms with Gasteiger partial charge in [-0.1, -0.05) is 13.2 Å². The maximum Gasteiger partial charge on any atom is 0.198 e. The Bertz CT molecular complexity index is 808. The van der Waals surface area contributed by atoms with Crippen LogP contribution >= 0.6 is 0 Å². The van der Waals surface area contributed by atoms with E-state index in [2.05, 4.69) is 18.1 Å². The second-order valence-electron chi connectivity index (χ2n) is 5.79. The highest BCUT2D eigenvalue weighted by Gasteiger charge is 2.15. The highest BCUT2D eigenvalue weighted by Crippen LogP contribution is 2.14. The second kappa shape index (κ2) is 7.20. The summed E-state index contributed by atoms with van der Waals surface area (Å²) >= 11 is 0. The maximum atomic E-state index is 12.9. The summed E-state index contributed by atoms with van der Waals surface area (Å²) < 4.78 is 0. The van der Waals surface area contributed by atoms with Gasteiger partial charge in [-0.2, -0.15) is 0 Å². The van der Waals surface area contributed by atoms with E-state index in [0.29, 0.717) is 17.5 Å². The number of quaternary nitrogens is 1. The average molecular weight is 311 g/mol. The number of benzene rings is 1. The van der Waals surface area contributed by atoms with Crippen molar-refractivity contribution < 1.29 is 9.69 Å². The molecule has 2 aromatic rings. The van der Waals surface area contributed by atoms with Crippen LogP contribution in [0.4, 0.5) is 0 Å². The Morgan fingerprint density at radius 3 is 2.48 bits per heavy atom. The molecular formula is C19H23N2O2+. The minimum Gasteiger partial charge on any atom is -0.358 e. The Kier molecular flexibility index (Phi) is 5.29. The van der Waals surface area contributed by atoms with Crippen LogP contribution in [0, 0.1) is 6.92 Å². The van der Waals surface area contributed by atoms with E-state index in [1.54, 1.807) is 18.2 Å². The molecule has 4 nitrogen and oxygen atoms in total. The Hall–Kier alpha value is -2.46. The number of carbonyl (C=O) groups excluding carboxylic acids is 1. The van der Waals surface area contributed by atoms with Crippen LogP contribution in [-0.4, -0.2) is 23.9 Å². The summed E-state index contributed by atoms with van der Waals surface area (Å²) in [6.45, 7) is 13.1. The van der Waals surface area contributed by atoms with Crippen LogP contribution in [-0.2, 0) is 6.54 Å². The monoisotopic (exact) mass is 311 g/mol. The zero-order chi connectivity index (χ0) is 17.0. The minimum absolute atomic E-state index is 0.00928. The van der Waals surface area contributed by atoms with Gasteiger partial charge in [0.25, 0.3) is 0 Å². The quantitative estimate of drug-likeness (QED) is 0.605. The molecule has 0 fully saturated rings. The molecule has 4 heteroatoms. The molecule has 0 atom stereocenters. The first kappa shape index (κ1) is 16.9. The normalized spacial score (nSPS) is 10.9. The number of carbonyl (C=O) groups is 1.